The number of aromatic nitrogens is 6. The molecule has 7 aromatic heterocycles. The van der Waals surface area contributed by atoms with Gasteiger partial charge < -0.3 is 38.6 Å². The monoisotopic (exact) mass is 2070 g/mol. The van der Waals surface area contributed by atoms with Crippen LogP contribution in [0.5, 0.6) is 23.1 Å². The smallest absolute Gasteiger partial charge is 0.216 e. The first-order valence-electron chi connectivity index (χ1n) is 35.4. The maximum atomic E-state index is 6.11. The molecule has 0 atom stereocenters. The van der Waals surface area contributed by atoms with E-state index in [1.807, 2.05) is 140 Å². The molecule has 2 aliphatic heterocycles. The average Bonchev–Trinajstić information content (AvgIpc) is 1.64. The molecule has 556 valence electrons. The van der Waals surface area contributed by atoms with E-state index in [4.69, 9.17) is 23.9 Å². The molecule has 9 heterocycles. The van der Waals surface area contributed by atoms with Gasteiger partial charge in [0.05, 0.1) is 17.1 Å². The molecule has 0 radical (unpaired) electrons. The third-order valence-corrected chi connectivity index (χ3v) is 18.4. The largest absolute Gasteiger partial charge is 0.542 e. The van der Waals surface area contributed by atoms with Crippen LogP contribution >= 0.6 is 28.3 Å². The van der Waals surface area contributed by atoms with Gasteiger partial charge in [0.25, 0.3) is 0 Å². The zero-order valence-electron chi connectivity index (χ0n) is 59.8. The van der Waals surface area contributed by atoms with E-state index in [2.05, 4.69) is 289 Å². The van der Waals surface area contributed by atoms with E-state index in [1.165, 1.54) is 39.6 Å². The second-order valence-electron chi connectivity index (χ2n) is 25.2. The maximum Gasteiger partial charge on any atom is 0.216 e. The van der Waals surface area contributed by atoms with Crippen LogP contribution in [0.1, 0.15) is 11.1 Å². The van der Waals surface area contributed by atoms with E-state index in [-0.39, 0.29) is 0 Å². The van der Waals surface area contributed by atoms with Crippen molar-refractivity contribution in [2.45, 2.75) is 0 Å². The quantitative estimate of drug-likeness (QED) is 0.103. The van der Waals surface area contributed by atoms with E-state index < -0.39 is 0 Å². The number of nitrogens with zero attached hydrogens (tertiary/aromatic N) is 8. The topological polar surface area (TPSA) is 115 Å². The Morgan fingerprint density at radius 1 is 0.292 bits per heavy atom. The fraction of sp³-hybridized carbons (Fsp3) is 0. The van der Waals surface area contributed by atoms with Gasteiger partial charge in [-0.05, 0) is 162 Å². The van der Waals surface area contributed by atoms with Crippen LogP contribution in [0.2, 0.25) is 0 Å². The molecule has 17 heteroatoms. The first-order valence-corrected chi connectivity index (χ1v) is 43.9. The number of benzene rings is 10. The van der Waals surface area contributed by atoms with Crippen molar-refractivity contribution in [3.63, 3.8) is 0 Å². The predicted octanol–water partition coefficient (Wildman–Crippen LogP) is 26.8. The molecule has 0 unspecified atom stereocenters. The Kier molecular flexibility index (Phi) is 26.9. The molecule has 113 heavy (non-hydrogen) atoms. The molecule has 0 bridgehead atoms. The molecule has 0 amide bonds. The minimum absolute atomic E-state index is 0.461. The number of hydrogen-bond donors (Lipinski definition) is 0. The summed E-state index contributed by atoms with van der Waals surface area (Å²) in [4.78, 5) is 31.6. The summed E-state index contributed by atoms with van der Waals surface area (Å²) in [6, 6.07) is 122. The Labute approximate surface area is 702 Å². The maximum absolute atomic E-state index is 6.11. The molecule has 0 saturated carbocycles. The summed E-state index contributed by atoms with van der Waals surface area (Å²) in [5.41, 5.74) is 24.1. The van der Waals surface area contributed by atoms with Gasteiger partial charge >= 0.3 is 84.6 Å². The van der Waals surface area contributed by atoms with Gasteiger partial charge in [0, 0.05) is 66.5 Å². The summed E-state index contributed by atoms with van der Waals surface area (Å²) in [7, 11) is 13.8. The number of fused-ring (bicyclic) bond motifs is 4. The summed E-state index contributed by atoms with van der Waals surface area (Å²) in [5, 5.41) is 0. The van der Waals surface area contributed by atoms with Crippen LogP contribution in [0.3, 0.4) is 0 Å². The zero-order chi connectivity index (χ0) is 77.5. The fourth-order valence-corrected chi connectivity index (χ4v) is 13.1. The van der Waals surface area contributed by atoms with Gasteiger partial charge in [-0.15, -0.1) is 59.7 Å². The van der Waals surface area contributed by atoms with Gasteiger partial charge in [-0.2, -0.15) is 0 Å². The van der Waals surface area contributed by atoms with Crippen LogP contribution in [-0.4, -0.2) is 29.9 Å². The SMILES string of the molecule is [Cl][Pt+].[Cl][Pt+].[Cl][Pt+].[c-]1c(-c2cc(-c3ccc(-c4ccccc4)cc3)ccn2)cccc1N1c2ccccc2C=Cc2cccnc21.[c-]1c(-c2cc(-c3ccc(-c4ccccc4)cc3)ccn2)cccc1N1c2ccccc2Oc2cccnc21.[c-]1c(Oc2ccccn2)coc1-c1cc(-c2ccc(-c3ccccc3)cc2)ccn1. The van der Waals surface area contributed by atoms with Gasteiger partial charge in [-0.25, -0.2) is 15.0 Å². The van der Waals surface area contributed by atoms with Gasteiger partial charge in [-0.3, -0.25) is 0 Å². The van der Waals surface area contributed by atoms with E-state index in [1.54, 1.807) is 81.0 Å². The third-order valence-electron chi connectivity index (χ3n) is 18.4. The van der Waals surface area contributed by atoms with Crippen molar-refractivity contribution in [2.75, 3.05) is 9.80 Å². The van der Waals surface area contributed by atoms with E-state index >= 15 is 0 Å². The number of ether oxygens (including phenoxy) is 2. The second kappa shape index (κ2) is 38.9. The molecular formula is C96H63Cl3N8O3Pt3. The van der Waals surface area contributed by atoms with Crippen molar-refractivity contribution >= 4 is 74.8 Å². The van der Waals surface area contributed by atoms with E-state index in [0.717, 1.165) is 107 Å². The second-order valence-corrected chi connectivity index (χ2v) is 25.2. The third kappa shape index (κ3) is 18.9. The van der Waals surface area contributed by atoms with Crippen LogP contribution in [0.4, 0.5) is 34.4 Å². The van der Waals surface area contributed by atoms with Gasteiger partial charge in [-0.1, -0.05) is 237 Å². The van der Waals surface area contributed by atoms with Crippen molar-refractivity contribution < 1.29 is 70.2 Å². The number of furan rings is 1. The molecule has 2 aliphatic rings. The van der Waals surface area contributed by atoms with Crippen LogP contribution < -0.4 is 19.3 Å². The molecular weight excluding hydrogens is 2000 g/mol. The van der Waals surface area contributed by atoms with Crippen molar-refractivity contribution in [3.05, 3.63) is 400 Å². The van der Waals surface area contributed by atoms with Gasteiger partial charge in [0.1, 0.15) is 5.82 Å². The molecule has 17 aromatic rings. The van der Waals surface area contributed by atoms with E-state index in [9.17, 15) is 0 Å². The Morgan fingerprint density at radius 3 is 1.21 bits per heavy atom. The summed E-state index contributed by atoms with van der Waals surface area (Å²) < 4.78 is 17.4. The summed E-state index contributed by atoms with van der Waals surface area (Å²) in [6.07, 6.45) is 16.6. The predicted molar refractivity (Wildman–Crippen MR) is 446 cm³/mol. The Hall–Kier alpha value is -11.7. The molecule has 11 nitrogen and oxygen atoms in total. The molecule has 10 aromatic carbocycles. The fourth-order valence-electron chi connectivity index (χ4n) is 13.1. The molecule has 19 rings (SSSR count). The number of para-hydroxylation sites is 3. The summed E-state index contributed by atoms with van der Waals surface area (Å²) in [6.45, 7) is 0. The Bertz CT molecular complexity index is 5900. The standard InChI is InChI=1S/C36H24N3.C34H22N3O.C26H17N2O2.3ClH.3Pt/c1-2-8-26(9-3-1)27-15-17-28(18-16-27)31-21-23-37-34(25-31)32-11-6-13-33(24-32)39-35-14-5-4-10-29(35)19-20-30-12-7-22-38-36(30)39;1-2-8-24(9-3-1)25-15-17-26(18-16-25)27-19-21-35-30(23-27)28-10-6-11-29(22-28)37-31-12-4-5-13-32(31)38-33-14-7-20-36-34(33)37;1-2-6-19(7-3-1)20-9-11-21(12-10-20)22-13-15-27-24(16-22)25-17-23(18-29-25)30-26-8-4-5-14-28-26;;;;;;/h1-23,25H;1-21,23H;1-16,18H;3*1H;;;/q3*-1;;;;3*+2/p-3. The Balaban J connectivity index is 0.000000137. The minimum Gasteiger partial charge on any atom is -0.542 e. The number of rotatable bonds is 13. The van der Waals surface area contributed by atoms with Crippen LogP contribution in [0.25, 0.3) is 113 Å². The summed E-state index contributed by atoms with van der Waals surface area (Å²) >= 11 is 4.83. The molecule has 0 aliphatic carbocycles. The van der Waals surface area contributed by atoms with Crippen molar-refractivity contribution in [3.8, 4) is 124 Å². The molecule has 0 N–H and O–H groups in total. The number of pyridine rings is 6. The molecule has 0 saturated heterocycles. The first-order chi connectivity index (χ1) is 56.0. The molecule has 0 spiro atoms. The number of halogens is 3. The normalized spacial score (nSPS) is 11.1. The van der Waals surface area contributed by atoms with Gasteiger partial charge in [0.2, 0.25) is 5.88 Å². The van der Waals surface area contributed by atoms with Crippen LogP contribution in [0.15, 0.2) is 375 Å². The van der Waals surface area contributed by atoms with Crippen LogP contribution in [0, 0.1) is 18.2 Å². The van der Waals surface area contributed by atoms with Gasteiger partial charge in [0.15, 0.2) is 17.3 Å². The van der Waals surface area contributed by atoms with Crippen molar-refractivity contribution in [2.24, 2.45) is 0 Å². The minimum atomic E-state index is 0.461. The van der Waals surface area contributed by atoms with Crippen LogP contribution in [-0.2, 0) is 56.3 Å². The molecule has 0 fully saturated rings. The first kappa shape index (κ1) is 78.0. The average molecular weight is 2070 g/mol. The zero-order valence-corrected chi connectivity index (χ0v) is 68.8. The Morgan fingerprint density at radius 2 is 0.690 bits per heavy atom. The van der Waals surface area contributed by atoms with Crippen molar-refractivity contribution in [1.29, 1.82) is 0 Å². The number of anilines is 6. The number of hydrogen-bond acceptors (Lipinski definition) is 11. The summed E-state index contributed by atoms with van der Waals surface area (Å²) in [5.74, 6) is 4.58. The van der Waals surface area contributed by atoms with E-state index in [0.29, 0.717) is 28.8 Å². The van der Waals surface area contributed by atoms with Crippen molar-refractivity contribution in [1.82, 2.24) is 29.9 Å².